The smallest absolute Gasteiger partial charge is 0.289 e. The third-order valence-electron chi connectivity index (χ3n) is 5.16. The van der Waals surface area contributed by atoms with Crippen molar-refractivity contribution in [2.45, 2.75) is 38.0 Å². The van der Waals surface area contributed by atoms with Gasteiger partial charge in [-0.15, -0.1) is 0 Å². The van der Waals surface area contributed by atoms with E-state index in [1.807, 2.05) is 0 Å². The van der Waals surface area contributed by atoms with Crippen molar-refractivity contribution in [3.05, 3.63) is 24.2 Å². The molecule has 0 spiro atoms. The molecule has 25 heavy (non-hydrogen) atoms. The van der Waals surface area contributed by atoms with Gasteiger partial charge in [-0.2, -0.15) is 0 Å². The second-order valence-electron chi connectivity index (χ2n) is 7.11. The monoisotopic (exact) mass is 368 g/mol. The minimum Gasteiger partial charge on any atom is -0.459 e. The van der Waals surface area contributed by atoms with Gasteiger partial charge < -0.3 is 14.2 Å². The Morgan fingerprint density at radius 2 is 2.08 bits per heavy atom. The van der Waals surface area contributed by atoms with Crippen molar-refractivity contribution in [3.63, 3.8) is 0 Å². The maximum atomic E-state index is 12.5. The molecular weight excluding hydrogens is 344 g/mol. The molecule has 2 aliphatic heterocycles. The van der Waals surface area contributed by atoms with E-state index in [2.05, 4.69) is 13.8 Å². The number of carbonyl (C=O) groups excluding carboxylic acids is 2. The van der Waals surface area contributed by atoms with E-state index in [1.54, 1.807) is 17.0 Å². The lowest BCUT2D eigenvalue weighted by Gasteiger charge is -2.44. The molecule has 0 N–H and O–H groups in total. The van der Waals surface area contributed by atoms with Crippen LogP contribution in [0.3, 0.4) is 0 Å². The van der Waals surface area contributed by atoms with Crippen LogP contribution >= 0.6 is 0 Å². The lowest BCUT2D eigenvalue weighted by Crippen LogP contribution is -2.56. The molecule has 0 aromatic carbocycles. The number of nitrogens with zero attached hydrogens (tertiary/aromatic N) is 2. The number of likely N-dealkylation sites (tertiary alicyclic amines) is 1. The summed E-state index contributed by atoms with van der Waals surface area (Å²) < 4.78 is 29.9. The summed E-state index contributed by atoms with van der Waals surface area (Å²) in [4.78, 5) is 28.2. The van der Waals surface area contributed by atoms with E-state index in [4.69, 9.17) is 4.42 Å². The molecule has 2 saturated heterocycles. The van der Waals surface area contributed by atoms with Crippen LogP contribution in [0.15, 0.2) is 22.8 Å². The Morgan fingerprint density at radius 1 is 1.32 bits per heavy atom. The molecule has 0 saturated carbocycles. The highest BCUT2D eigenvalue weighted by Gasteiger charge is 2.40. The predicted octanol–water partition coefficient (Wildman–Crippen LogP) is 1.17. The summed E-state index contributed by atoms with van der Waals surface area (Å²) in [5.74, 6) is -0.0396. The van der Waals surface area contributed by atoms with Crippen LogP contribution in [0.4, 0.5) is 0 Å². The second-order valence-corrected chi connectivity index (χ2v) is 9.51. The Hall–Kier alpha value is -1.83. The van der Waals surface area contributed by atoms with Gasteiger partial charge in [-0.25, -0.2) is 8.42 Å². The maximum absolute atomic E-state index is 12.5. The van der Waals surface area contributed by atoms with Crippen molar-refractivity contribution in [1.82, 2.24) is 9.80 Å². The minimum absolute atomic E-state index is 0.0355. The Bertz CT molecular complexity index is 741. The maximum Gasteiger partial charge on any atom is 0.289 e. The van der Waals surface area contributed by atoms with E-state index in [0.717, 1.165) is 6.42 Å². The largest absolute Gasteiger partial charge is 0.459 e. The summed E-state index contributed by atoms with van der Waals surface area (Å²) in [5.41, 5.74) is 0. The van der Waals surface area contributed by atoms with E-state index in [0.29, 0.717) is 12.5 Å². The van der Waals surface area contributed by atoms with Gasteiger partial charge in [0.05, 0.1) is 17.3 Å². The zero-order chi connectivity index (χ0) is 18.2. The summed E-state index contributed by atoms with van der Waals surface area (Å²) in [7, 11) is -3.38. The third-order valence-corrected chi connectivity index (χ3v) is 7.24. The van der Waals surface area contributed by atoms with Gasteiger partial charge in [0.2, 0.25) is 5.91 Å². The zero-order valence-corrected chi connectivity index (χ0v) is 15.4. The molecule has 138 valence electrons. The average Bonchev–Trinajstić information content (AvgIpc) is 3.01. The van der Waals surface area contributed by atoms with Crippen LogP contribution in [0.25, 0.3) is 0 Å². The molecule has 2 amide bonds. The van der Waals surface area contributed by atoms with Gasteiger partial charge in [0, 0.05) is 32.1 Å². The van der Waals surface area contributed by atoms with Gasteiger partial charge in [-0.05, 0) is 24.5 Å². The number of rotatable bonds is 4. The fourth-order valence-electron chi connectivity index (χ4n) is 3.51. The molecule has 7 nitrogen and oxygen atoms in total. The normalized spacial score (nSPS) is 25.7. The molecule has 2 unspecified atom stereocenters. The van der Waals surface area contributed by atoms with Gasteiger partial charge >= 0.3 is 0 Å². The van der Waals surface area contributed by atoms with E-state index < -0.39 is 15.1 Å². The number of carbonyl (C=O) groups is 2. The molecule has 3 heterocycles. The van der Waals surface area contributed by atoms with Crippen LogP contribution < -0.4 is 0 Å². The van der Waals surface area contributed by atoms with Crippen molar-refractivity contribution < 1.29 is 22.4 Å². The van der Waals surface area contributed by atoms with Crippen molar-refractivity contribution in [2.24, 2.45) is 5.92 Å². The van der Waals surface area contributed by atoms with Crippen LogP contribution in [0, 0.1) is 5.92 Å². The van der Waals surface area contributed by atoms with Crippen molar-refractivity contribution >= 4 is 21.7 Å². The lowest BCUT2D eigenvalue weighted by molar-refractivity contribution is -0.140. The molecule has 2 aliphatic rings. The molecule has 0 radical (unpaired) electrons. The molecule has 1 aromatic heterocycles. The van der Waals surface area contributed by atoms with Crippen LogP contribution in [-0.2, 0) is 14.6 Å². The number of amides is 2. The first-order valence-electron chi connectivity index (χ1n) is 8.63. The van der Waals surface area contributed by atoms with E-state index >= 15 is 0 Å². The summed E-state index contributed by atoms with van der Waals surface area (Å²) in [6.45, 7) is 4.97. The summed E-state index contributed by atoms with van der Waals surface area (Å²) in [5, 5.41) is -0.846. The Kier molecular flexibility index (Phi) is 4.90. The van der Waals surface area contributed by atoms with Gasteiger partial charge in [-0.3, -0.25) is 9.59 Å². The van der Waals surface area contributed by atoms with Crippen molar-refractivity contribution in [2.75, 3.05) is 25.4 Å². The highest BCUT2D eigenvalue weighted by atomic mass is 32.2. The number of furan rings is 1. The summed E-state index contributed by atoms with van der Waals surface area (Å²) in [6, 6.07) is 3.36. The Balaban J connectivity index is 1.68. The molecule has 3 rings (SSSR count). The van der Waals surface area contributed by atoms with Gasteiger partial charge in [-0.1, -0.05) is 13.8 Å². The SMILES string of the molecule is CC(C)C1CCN1C(=O)CC1CN(C(=O)c2ccco2)CCS1(=O)=O. The molecule has 2 fully saturated rings. The molecular formula is C17H24N2O5S. The molecule has 0 bridgehead atoms. The average molecular weight is 368 g/mol. The van der Waals surface area contributed by atoms with E-state index in [9.17, 15) is 18.0 Å². The number of sulfone groups is 1. The number of hydrogen-bond donors (Lipinski definition) is 0. The van der Waals surface area contributed by atoms with Crippen LogP contribution in [-0.4, -0.2) is 66.7 Å². The molecule has 1 aromatic rings. The van der Waals surface area contributed by atoms with Crippen molar-refractivity contribution in [3.8, 4) is 0 Å². The lowest BCUT2D eigenvalue weighted by atomic mass is 9.91. The fourth-order valence-corrected chi connectivity index (χ4v) is 5.12. The number of hydrogen-bond acceptors (Lipinski definition) is 5. The standard InChI is InChI=1S/C17H24N2O5S/c1-12(2)14-5-6-19(14)16(20)10-13-11-18(7-9-25(13,22)23)17(21)15-4-3-8-24-15/h3-4,8,12-14H,5-7,9-11H2,1-2H3. The first-order valence-corrected chi connectivity index (χ1v) is 10.3. The first-order chi connectivity index (χ1) is 11.8. The van der Waals surface area contributed by atoms with Gasteiger partial charge in [0.15, 0.2) is 15.6 Å². The highest BCUT2D eigenvalue weighted by Crippen LogP contribution is 2.27. The second kappa shape index (κ2) is 6.82. The molecule has 2 atom stereocenters. The Morgan fingerprint density at radius 3 is 2.64 bits per heavy atom. The first kappa shape index (κ1) is 18.0. The summed E-state index contributed by atoms with van der Waals surface area (Å²) in [6.07, 6.45) is 2.31. The van der Waals surface area contributed by atoms with Crippen LogP contribution in [0.5, 0.6) is 0 Å². The van der Waals surface area contributed by atoms with Crippen molar-refractivity contribution in [1.29, 1.82) is 0 Å². The van der Waals surface area contributed by atoms with Gasteiger partial charge in [0.1, 0.15) is 0 Å². The van der Waals surface area contributed by atoms with E-state index in [1.165, 1.54) is 11.2 Å². The predicted molar refractivity (Wildman–Crippen MR) is 91.8 cm³/mol. The minimum atomic E-state index is -3.38. The topological polar surface area (TPSA) is 87.9 Å². The zero-order valence-electron chi connectivity index (χ0n) is 14.6. The Labute approximate surface area is 147 Å². The highest BCUT2D eigenvalue weighted by molar-refractivity contribution is 7.92. The van der Waals surface area contributed by atoms with Crippen LogP contribution in [0.1, 0.15) is 37.2 Å². The van der Waals surface area contributed by atoms with E-state index in [-0.39, 0.29) is 48.9 Å². The quantitative estimate of drug-likeness (QED) is 0.796. The third kappa shape index (κ3) is 3.58. The van der Waals surface area contributed by atoms with Crippen LogP contribution in [0.2, 0.25) is 0 Å². The summed E-state index contributed by atoms with van der Waals surface area (Å²) >= 11 is 0. The fraction of sp³-hybridized carbons (Fsp3) is 0.647. The molecule has 0 aliphatic carbocycles. The molecule has 8 heteroatoms. The van der Waals surface area contributed by atoms with Gasteiger partial charge in [0.25, 0.3) is 5.91 Å².